The van der Waals surface area contributed by atoms with Gasteiger partial charge in [0.15, 0.2) is 0 Å². The van der Waals surface area contributed by atoms with Crippen LogP contribution in [0.5, 0.6) is 0 Å². The Labute approximate surface area is 129 Å². The molecule has 0 bridgehead atoms. The molecule has 0 aliphatic carbocycles. The summed E-state index contributed by atoms with van der Waals surface area (Å²) in [6, 6.07) is 7.48. The number of halogens is 3. The minimum atomic E-state index is -4.32. The Morgan fingerprint density at radius 3 is 2.50 bits per heavy atom. The molecule has 2 aromatic rings. The van der Waals surface area contributed by atoms with Crippen LogP contribution in [0.4, 0.5) is 13.2 Å². The summed E-state index contributed by atoms with van der Waals surface area (Å²) in [6.07, 6.45) is -3.27. The molecule has 0 atom stereocenters. The van der Waals surface area contributed by atoms with E-state index in [0.29, 0.717) is 5.69 Å². The van der Waals surface area contributed by atoms with E-state index in [2.05, 4.69) is 12.2 Å². The topological polar surface area (TPSA) is 17.0 Å². The molecule has 2 rings (SSSR count). The summed E-state index contributed by atoms with van der Waals surface area (Å²) in [6.45, 7) is 7.60. The molecule has 0 aliphatic rings. The second-order valence-electron chi connectivity index (χ2n) is 5.46. The van der Waals surface area contributed by atoms with E-state index in [9.17, 15) is 13.2 Å². The molecule has 1 heterocycles. The van der Waals surface area contributed by atoms with Crippen molar-refractivity contribution in [1.82, 2.24) is 9.88 Å². The molecule has 0 saturated carbocycles. The van der Waals surface area contributed by atoms with E-state index in [1.54, 1.807) is 6.07 Å². The maximum Gasteiger partial charge on any atom is 0.416 e. The highest BCUT2D eigenvalue weighted by Gasteiger charge is 2.30. The van der Waals surface area contributed by atoms with Gasteiger partial charge >= 0.3 is 6.18 Å². The maximum absolute atomic E-state index is 12.9. The van der Waals surface area contributed by atoms with Gasteiger partial charge in [0.2, 0.25) is 0 Å². The first-order valence-corrected chi connectivity index (χ1v) is 7.40. The van der Waals surface area contributed by atoms with Crippen LogP contribution < -0.4 is 5.32 Å². The Morgan fingerprint density at radius 1 is 1.14 bits per heavy atom. The summed E-state index contributed by atoms with van der Waals surface area (Å²) < 4.78 is 40.5. The molecule has 0 amide bonds. The average Bonchev–Trinajstić information content (AvgIpc) is 2.73. The lowest BCUT2D eigenvalue weighted by atomic mass is 10.2. The largest absolute Gasteiger partial charge is 0.416 e. The first-order valence-electron chi connectivity index (χ1n) is 7.40. The molecule has 1 aromatic heterocycles. The van der Waals surface area contributed by atoms with Crippen molar-refractivity contribution in [1.29, 1.82) is 0 Å². The third-order valence-electron chi connectivity index (χ3n) is 3.71. The van der Waals surface area contributed by atoms with Gasteiger partial charge in [-0.15, -0.1) is 0 Å². The number of hydrogen-bond donors (Lipinski definition) is 1. The van der Waals surface area contributed by atoms with Crippen molar-refractivity contribution in [3.8, 4) is 5.69 Å². The van der Waals surface area contributed by atoms with Gasteiger partial charge in [0.25, 0.3) is 0 Å². The summed E-state index contributed by atoms with van der Waals surface area (Å²) in [7, 11) is 0. The van der Waals surface area contributed by atoms with Crippen LogP contribution in [-0.4, -0.2) is 11.1 Å². The molecule has 5 heteroatoms. The van der Waals surface area contributed by atoms with Crippen molar-refractivity contribution in [3.63, 3.8) is 0 Å². The molecule has 22 heavy (non-hydrogen) atoms. The van der Waals surface area contributed by atoms with E-state index in [0.717, 1.165) is 42.5 Å². The highest BCUT2D eigenvalue weighted by Crippen LogP contribution is 2.31. The van der Waals surface area contributed by atoms with Crippen LogP contribution in [0, 0.1) is 13.8 Å². The van der Waals surface area contributed by atoms with E-state index >= 15 is 0 Å². The smallest absolute Gasteiger partial charge is 0.318 e. The lowest BCUT2D eigenvalue weighted by molar-refractivity contribution is -0.137. The van der Waals surface area contributed by atoms with Crippen LogP contribution in [0.1, 0.15) is 35.9 Å². The zero-order valence-electron chi connectivity index (χ0n) is 13.1. The first-order chi connectivity index (χ1) is 10.3. The van der Waals surface area contributed by atoms with Gasteiger partial charge < -0.3 is 9.88 Å². The maximum atomic E-state index is 12.9. The average molecular weight is 310 g/mol. The van der Waals surface area contributed by atoms with E-state index < -0.39 is 11.7 Å². The third-order valence-corrected chi connectivity index (χ3v) is 3.71. The third kappa shape index (κ3) is 3.53. The van der Waals surface area contributed by atoms with Gasteiger partial charge in [-0.25, -0.2) is 0 Å². The van der Waals surface area contributed by atoms with E-state index in [1.807, 2.05) is 24.5 Å². The second kappa shape index (κ2) is 6.57. The highest BCUT2D eigenvalue weighted by atomic mass is 19.4. The Hall–Kier alpha value is -1.75. The van der Waals surface area contributed by atoms with Gasteiger partial charge in [-0.05, 0) is 56.6 Å². The van der Waals surface area contributed by atoms with Gasteiger partial charge in [0.1, 0.15) is 0 Å². The number of nitrogens with one attached hydrogen (secondary N) is 1. The molecule has 0 saturated heterocycles. The summed E-state index contributed by atoms with van der Waals surface area (Å²) in [4.78, 5) is 0. The highest BCUT2D eigenvalue weighted by molar-refractivity contribution is 5.43. The molecule has 0 aliphatic heterocycles. The molecule has 0 spiro atoms. The Balaban J connectivity index is 2.37. The lowest BCUT2D eigenvalue weighted by Crippen LogP contribution is -2.14. The lowest BCUT2D eigenvalue weighted by Gasteiger charge is -2.13. The molecule has 0 fully saturated rings. The first kappa shape index (κ1) is 16.6. The number of alkyl halides is 3. The number of hydrogen-bond acceptors (Lipinski definition) is 1. The molecule has 1 N–H and O–H groups in total. The van der Waals surface area contributed by atoms with Crippen molar-refractivity contribution < 1.29 is 13.2 Å². The molecular weight excluding hydrogens is 289 g/mol. The van der Waals surface area contributed by atoms with Gasteiger partial charge in [0, 0.05) is 23.6 Å². The zero-order valence-corrected chi connectivity index (χ0v) is 13.1. The second-order valence-corrected chi connectivity index (χ2v) is 5.46. The van der Waals surface area contributed by atoms with Crippen LogP contribution >= 0.6 is 0 Å². The van der Waals surface area contributed by atoms with Gasteiger partial charge in [0.05, 0.1) is 5.56 Å². The van der Waals surface area contributed by atoms with E-state index in [1.165, 1.54) is 12.1 Å². The van der Waals surface area contributed by atoms with Crippen LogP contribution in [0.3, 0.4) is 0 Å². The van der Waals surface area contributed by atoms with Crippen LogP contribution in [0.25, 0.3) is 5.69 Å². The summed E-state index contributed by atoms with van der Waals surface area (Å²) in [5.74, 6) is 0. The fourth-order valence-corrected chi connectivity index (χ4v) is 2.63. The quantitative estimate of drug-likeness (QED) is 0.798. The predicted molar refractivity (Wildman–Crippen MR) is 82.2 cm³/mol. The molecule has 0 unspecified atom stereocenters. The zero-order chi connectivity index (χ0) is 16.3. The number of rotatable bonds is 5. The van der Waals surface area contributed by atoms with E-state index in [-0.39, 0.29) is 0 Å². The SMILES string of the molecule is CCCNCc1cc(C)n(-c2cccc(C(F)(F)F)c2)c1C. The monoisotopic (exact) mass is 310 g/mol. The number of aromatic nitrogens is 1. The molecule has 120 valence electrons. The molecule has 1 aromatic carbocycles. The van der Waals surface area contributed by atoms with Crippen LogP contribution in [0.2, 0.25) is 0 Å². The van der Waals surface area contributed by atoms with Gasteiger partial charge in [-0.3, -0.25) is 0 Å². The summed E-state index contributed by atoms with van der Waals surface area (Å²) in [5, 5.41) is 3.33. The molecule has 0 radical (unpaired) electrons. The number of nitrogens with zero attached hydrogens (tertiary/aromatic N) is 1. The standard InChI is InChI=1S/C17H21F3N2/c1-4-8-21-11-14-9-12(2)22(13(14)3)16-7-5-6-15(10-16)17(18,19)20/h5-7,9-10,21H,4,8,11H2,1-3H3. The minimum Gasteiger partial charge on any atom is -0.318 e. The predicted octanol–water partition coefficient (Wildman–Crippen LogP) is 4.61. The fourth-order valence-electron chi connectivity index (χ4n) is 2.63. The van der Waals surface area contributed by atoms with E-state index in [4.69, 9.17) is 0 Å². The number of benzene rings is 1. The van der Waals surface area contributed by atoms with Crippen molar-refractivity contribution in [2.75, 3.05) is 6.54 Å². The normalized spacial score (nSPS) is 11.9. The summed E-state index contributed by atoms with van der Waals surface area (Å²) in [5.41, 5.74) is 2.95. The van der Waals surface area contributed by atoms with Crippen molar-refractivity contribution in [2.45, 2.75) is 39.9 Å². The molecular formula is C17H21F3N2. The van der Waals surface area contributed by atoms with Gasteiger partial charge in [-0.2, -0.15) is 13.2 Å². The number of aryl methyl sites for hydroxylation is 1. The van der Waals surface area contributed by atoms with Crippen LogP contribution in [0.15, 0.2) is 30.3 Å². The van der Waals surface area contributed by atoms with Crippen molar-refractivity contribution >= 4 is 0 Å². The molecule has 2 nitrogen and oxygen atoms in total. The minimum absolute atomic E-state index is 0.548. The Bertz CT molecular complexity index is 642. The fraction of sp³-hybridized carbons (Fsp3) is 0.412. The van der Waals surface area contributed by atoms with Gasteiger partial charge in [-0.1, -0.05) is 13.0 Å². The Kier molecular flexibility index (Phi) is 4.96. The van der Waals surface area contributed by atoms with Crippen molar-refractivity contribution in [3.05, 3.63) is 52.8 Å². The van der Waals surface area contributed by atoms with Crippen molar-refractivity contribution in [2.24, 2.45) is 0 Å². The summed E-state index contributed by atoms with van der Waals surface area (Å²) >= 11 is 0. The Morgan fingerprint density at radius 2 is 1.86 bits per heavy atom. The van der Waals surface area contributed by atoms with Crippen LogP contribution in [-0.2, 0) is 12.7 Å².